The van der Waals surface area contributed by atoms with Crippen molar-refractivity contribution in [3.8, 4) is 5.75 Å². The van der Waals surface area contributed by atoms with Crippen molar-refractivity contribution in [2.24, 2.45) is 0 Å². The van der Waals surface area contributed by atoms with Gasteiger partial charge in [0.15, 0.2) is 6.61 Å². The van der Waals surface area contributed by atoms with Gasteiger partial charge >= 0.3 is 12.6 Å². The van der Waals surface area contributed by atoms with E-state index < -0.39 is 25.1 Å². The third kappa shape index (κ3) is 5.87. The van der Waals surface area contributed by atoms with Crippen molar-refractivity contribution in [3.63, 3.8) is 0 Å². The van der Waals surface area contributed by atoms with E-state index in [2.05, 4.69) is 10.1 Å². The maximum Gasteiger partial charge on any atom is 0.387 e. The number of amides is 1. The van der Waals surface area contributed by atoms with E-state index in [0.717, 1.165) is 22.1 Å². The van der Waals surface area contributed by atoms with Crippen molar-refractivity contribution in [2.45, 2.75) is 19.6 Å². The summed E-state index contributed by atoms with van der Waals surface area (Å²) in [6.07, 6.45) is 0. The smallest absolute Gasteiger partial charge is 0.387 e. The van der Waals surface area contributed by atoms with Gasteiger partial charge in [0.05, 0.1) is 11.6 Å². The van der Waals surface area contributed by atoms with E-state index in [-0.39, 0.29) is 17.4 Å². The van der Waals surface area contributed by atoms with Crippen LogP contribution in [-0.4, -0.2) is 25.1 Å². The molecule has 8 heteroatoms. The van der Waals surface area contributed by atoms with Crippen molar-refractivity contribution < 1.29 is 27.8 Å². The quantitative estimate of drug-likeness (QED) is 0.524. The molecule has 5 nitrogen and oxygen atoms in total. The van der Waals surface area contributed by atoms with Crippen molar-refractivity contribution >= 4 is 23.2 Å². The first-order valence-corrected chi connectivity index (χ1v) is 9.91. The monoisotopic (exact) mass is 431 g/mol. The van der Waals surface area contributed by atoms with Crippen LogP contribution >= 0.6 is 11.3 Å². The number of aryl methyl sites for hydroxylation is 1. The van der Waals surface area contributed by atoms with E-state index in [0.29, 0.717) is 0 Å². The number of rotatable bonds is 8. The molecule has 0 aliphatic rings. The minimum Gasteiger partial charge on any atom is -0.452 e. The van der Waals surface area contributed by atoms with Gasteiger partial charge in [-0.15, -0.1) is 11.3 Å². The number of alkyl halides is 2. The second-order valence-corrected chi connectivity index (χ2v) is 7.39. The van der Waals surface area contributed by atoms with Gasteiger partial charge in [-0.25, -0.2) is 4.79 Å². The van der Waals surface area contributed by atoms with Crippen LogP contribution in [0, 0.1) is 6.92 Å². The fraction of sp³-hybridized carbons (Fsp3) is 0.182. The normalized spacial score (nSPS) is 11.7. The molecule has 1 aromatic heterocycles. The summed E-state index contributed by atoms with van der Waals surface area (Å²) in [5.74, 6) is -1.46. The molecule has 1 atom stereocenters. The molecule has 3 aromatic rings. The molecular weight excluding hydrogens is 412 g/mol. The molecule has 0 aliphatic carbocycles. The highest BCUT2D eigenvalue weighted by Crippen LogP contribution is 2.26. The number of hydrogen-bond acceptors (Lipinski definition) is 5. The summed E-state index contributed by atoms with van der Waals surface area (Å²) in [6.45, 7) is -1.53. The van der Waals surface area contributed by atoms with Crippen molar-refractivity contribution in [3.05, 3.63) is 87.6 Å². The number of esters is 1. The van der Waals surface area contributed by atoms with Crippen LogP contribution in [0.2, 0.25) is 0 Å². The molecule has 0 saturated carbocycles. The number of thiophene rings is 1. The summed E-state index contributed by atoms with van der Waals surface area (Å²) in [4.78, 5) is 25.5. The number of carbonyl (C=O) groups is 2. The Morgan fingerprint density at radius 2 is 1.83 bits per heavy atom. The van der Waals surface area contributed by atoms with Gasteiger partial charge in [0.25, 0.3) is 5.91 Å². The van der Waals surface area contributed by atoms with E-state index in [1.807, 2.05) is 48.7 Å². The first-order chi connectivity index (χ1) is 14.4. The molecule has 156 valence electrons. The molecule has 2 aromatic carbocycles. The van der Waals surface area contributed by atoms with E-state index in [9.17, 15) is 18.4 Å². The van der Waals surface area contributed by atoms with Gasteiger partial charge in [-0.2, -0.15) is 8.78 Å². The van der Waals surface area contributed by atoms with E-state index in [4.69, 9.17) is 4.74 Å². The molecule has 1 unspecified atom stereocenters. The predicted molar refractivity (Wildman–Crippen MR) is 109 cm³/mol. The predicted octanol–water partition coefficient (Wildman–Crippen LogP) is 4.72. The summed E-state index contributed by atoms with van der Waals surface area (Å²) >= 11 is 1.50. The standard InChI is InChI=1S/C22H19F2NO4S/c1-14-7-9-15(10-8-14)20(18-6-3-11-30-18)25-19(26)13-28-21(27)16-4-2-5-17(12-16)29-22(23)24/h2-12,20,22H,13H2,1H3,(H,25,26). The largest absolute Gasteiger partial charge is 0.452 e. The first kappa shape index (κ1) is 21.4. The van der Waals surface area contributed by atoms with Gasteiger partial charge in [-0.05, 0) is 42.1 Å². The molecule has 0 radical (unpaired) electrons. The van der Waals surface area contributed by atoms with Gasteiger partial charge in [0.1, 0.15) is 5.75 Å². The Morgan fingerprint density at radius 3 is 2.50 bits per heavy atom. The number of nitrogens with one attached hydrogen (secondary N) is 1. The molecule has 0 aliphatic heterocycles. The molecule has 1 N–H and O–H groups in total. The van der Waals surface area contributed by atoms with Crippen molar-refractivity contribution in [2.75, 3.05) is 6.61 Å². The van der Waals surface area contributed by atoms with E-state index in [1.54, 1.807) is 0 Å². The van der Waals surface area contributed by atoms with Gasteiger partial charge in [-0.1, -0.05) is 42.0 Å². The Balaban J connectivity index is 1.63. The Hall–Kier alpha value is -3.26. The Morgan fingerprint density at radius 1 is 1.07 bits per heavy atom. The van der Waals surface area contributed by atoms with Crippen LogP contribution in [0.5, 0.6) is 5.75 Å². The summed E-state index contributed by atoms with van der Waals surface area (Å²) in [5.41, 5.74) is 2.01. The van der Waals surface area contributed by atoms with Crippen LogP contribution in [0.4, 0.5) is 8.78 Å². The van der Waals surface area contributed by atoms with Crippen LogP contribution in [0.15, 0.2) is 66.0 Å². The number of hydrogen-bond donors (Lipinski definition) is 1. The van der Waals surface area contributed by atoms with Crippen LogP contribution in [0.1, 0.15) is 32.4 Å². The minimum absolute atomic E-state index is 0.00860. The summed E-state index contributed by atoms with van der Waals surface area (Å²) in [7, 11) is 0. The highest BCUT2D eigenvalue weighted by Gasteiger charge is 2.19. The van der Waals surface area contributed by atoms with Crippen LogP contribution in [0.3, 0.4) is 0 Å². The molecule has 1 heterocycles. The molecular formula is C22H19F2NO4S. The average Bonchev–Trinajstić information content (AvgIpc) is 3.25. The topological polar surface area (TPSA) is 64.6 Å². The molecule has 1 amide bonds. The van der Waals surface area contributed by atoms with Crippen LogP contribution < -0.4 is 10.1 Å². The van der Waals surface area contributed by atoms with Crippen LogP contribution in [0.25, 0.3) is 0 Å². The lowest BCUT2D eigenvalue weighted by atomic mass is 10.0. The van der Waals surface area contributed by atoms with Crippen molar-refractivity contribution in [1.29, 1.82) is 0 Å². The van der Waals surface area contributed by atoms with Gasteiger partial charge in [0.2, 0.25) is 0 Å². The maximum atomic E-state index is 12.4. The fourth-order valence-electron chi connectivity index (χ4n) is 2.75. The van der Waals surface area contributed by atoms with Gasteiger partial charge in [0, 0.05) is 4.88 Å². The highest BCUT2D eigenvalue weighted by atomic mass is 32.1. The summed E-state index contributed by atoms with van der Waals surface area (Å²) in [6, 6.07) is 16.4. The van der Waals surface area contributed by atoms with Crippen LogP contribution in [-0.2, 0) is 9.53 Å². The molecule has 30 heavy (non-hydrogen) atoms. The second kappa shape index (κ2) is 9.98. The number of benzene rings is 2. The lowest BCUT2D eigenvalue weighted by Gasteiger charge is -2.18. The maximum absolute atomic E-state index is 12.4. The van der Waals surface area contributed by atoms with E-state index >= 15 is 0 Å². The lowest BCUT2D eigenvalue weighted by Crippen LogP contribution is -2.32. The first-order valence-electron chi connectivity index (χ1n) is 9.03. The highest BCUT2D eigenvalue weighted by molar-refractivity contribution is 7.10. The third-order valence-electron chi connectivity index (χ3n) is 4.17. The number of carbonyl (C=O) groups excluding carboxylic acids is 2. The molecule has 3 rings (SSSR count). The zero-order chi connectivity index (χ0) is 21.5. The Bertz CT molecular complexity index is 991. The Labute approximate surface area is 176 Å². The molecule has 0 fully saturated rings. The SMILES string of the molecule is Cc1ccc(C(NC(=O)COC(=O)c2cccc(OC(F)F)c2)c2cccs2)cc1. The van der Waals surface area contributed by atoms with E-state index in [1.165, 1.54) is 29.5 Å². The second-order valence-electron chi connectivity index (χ2n) is 6.41. The van der Waals surface area contributed by atoms with Gasteiger partial charge in [-0.3, -0.25) is 4.79 Å². The molecule has 0 spiro atoms. The average molecular weight is 431 g/mol. The zero-order valence-electron chi connectivity index (χ0n) is 16.0. The number of ether oxygens (including phenoxy) is 2. The lowest BCUT2D eigenvalue weighted by molar-refractivity contribution is -0.124. The van der Waals surface area contributed by atoms with Gasteiger partial charge < -0.3 is 14.8 Å². The molecule has 0 bridgehead atoms. The Kier molecular flexibility index (Phi) is 7.13. The fourth-order valence-corrected chi connectivity index (χ4v) is 3.55. The van der Waals surface area contributed by atoms with Crippen molar-refractivity contribution in [1.82, 2.24) is 5.32 Å². The summed E-state index contributed by atoms with van der Waals surface area (Å²) in [5, 5.41) is 4.78. The third-order valence-corrected chi connectivity index (χ3v) is 5.11. The summed E-state index contributed by atoms with van der Waals surface area (Å²) < 4.78 is 33.9. The molecule has 0 saturated heterocycles. The minimum atomic E-state index is -3.00. The zero-order valence-corrected chi connectivity index (χ0v) is 16.8. The number of halogens is 2.